The maximum atomic E-state index is 11.5. The molecule has 5 N–H and O–H groups in total. The van der Waals surface area contributed by atoms with Gasteiger partial charge in [0.1, 0.15) is 6.10 Å². The molecule has 2 saturated carbocycles. The first-order valence-electron chi connectivity index (χ1n) is 10.7. The molecule has 0 aromatic rings. The van der Waals surface area contributed by atoms with E-state index in [0.717, 1.165) is 38.5 Å². The predicted octanol–water partition coefficient (Wildman–Crippen LogP) is 1.97. The number of fused-ring (bicyclic) bond motifs is 1. The average Bonchev–Trinajstić information content (AvgIpc) is 3.02. The van der Waals surface area contributed by atoms with Gasteiger partial charge in [0.2, 0.25) is 0 Å². The highest BCUT2D eigenvalue weighted by Gasteiger charge is 2.62. The van der Waals surface area contributed by atoms with Crippen molar-refractivity contribution in [1.82, 2.24) is 0 Å². The van der Waals surface area contributed by atoms with E-state index in [-0.39, 0.29) is 39.7 Å². The third-order valence-electron chi connectivity index (χ3n) is 8.60. The fourth-order valence-corrected chi connectivity index (χ4v) is 6.54. The molecule has 3 fully saturated rings. The molecule has 1 heterocycles. The largest absolute Gasteiger partial charge is 0.474 e. The third kappa shape index (κ3) is 3.59. The number of hydrogen-bond acceptors (Lipinski definition) is 2. The van der Waals surface area contributed by atoms with Gasteiger partial charge in [-0.25, -0.2) is 0 Å². The molecule has 0 aromatic carbocycles. The fraction of sp³-hybridized carbons (Fsp3) is 0.909. The van der Waals surface area contributed by atoms with Crippen molar-refractivity contribution in [3.05, 3.63) is 14.1 Å². The number of aliphatic hydroxyl groups is 1. The van der Waals surface area contributed by atoms with E-state index in [0.29, 0.717) is 11.8 Å². The molecule has 158 valence electrons. The lowest BCUT2D eigenvalue weighted by atomic mass is 9.51. The number of quaternary nitrogens is 2. The Bertz CT molecular complexity index is 553. The molecule has 0 unspecified atom stereocenters. The second kappa shape index (κ2) is 7.12. The first-order valence-corrected chi connectivity index (χ1v) is 11.1. The number of rotatable bonds is 4. The van der Waals surface area contributed by atoms with Crippen LogP contribution in [-0.2, 0) is 4.74 Å². The molecule has 27 heavy (non-hydrogen) atoms. The first-order chi connectivity index (χ1) is 12.4. The van der Waals surface area contributed by atoms with E-state index < -0.39 is 0 Å². The lowest BCUT2D eigenvalue weighted by Gasteiger charge is -2.59. The number of aliphatic hydroxyl groups excluding tert-OH is 1. The zero-order valence-corrected chi connectivity index (χ0v) is 18.7. The van der Waals surface area contributed by atoms with Gasteiger partial charge in [-0.15, -0.1) is 11.6 Å². The molecule has 3 rings (SSSR count). The Hall–Kier alpha value is 0.130. The highest BCUT2D eigenvalue weighted by Crippen LogP contribution is 2.55. The molecule has 0 bridgehead atoms. The Balaban J connectivity index is 1.94. The van der Waals surface area contributed by atoms with Crippen molar-refractivity contribution < 1.29 is 20.5 Å². The molecule has 0 amide bonds. The van der Waals surface area contributed by atoms with Crippen LogP contribution >= 0.6 is 11.6 Å². The summed E-state index contributed by atoms with van der Waals surface area (Å²) >= 11 is 6.61. The molecule has 5 heteroatoms. The number of hydrogen-bond donors (Lipinski definition) is 3. The summed E-state index contributed by atoms with van der Waals surface area (Å²) in [5.74, 6) is 0.995. The van der Waals surface area contributed by atoms with Crippen LogP contribution in [0.3, 0.4) is 0 Å². The Morgan fingerprint density at radius 2 is 1.52 bits per heavy atom. The second-order valence-corrected chi connectivity index (χ2v) is 11.7. The van der Waals surface area contributed by atoms with Gasteiger partial charge in [-0.2, -0.15) is 14.1 Å². The lowest BCUT2D eigenvalue weighted by Crippen LogP contribution is -2.98. The van der Waals surface area contributed by atoms with Gasteiger partial charge < -0.3 is 20.5 Å². The summed E-state index contributed by atoms with van der Waals surface area (Å²) in [5.41, 5.74) is -0.355. The molecule has 0 radical (unpaired) electrons. The van der Waals surface area contributed by atoms with Crippen LogP contribution in [0, 0.1) is 31.8 Å². The molecule has 0 aromatic heterocycles. The minimum absolute atomic E-state index is 0.0712. The van der Waals surface area contributed by atoms with Gasteiger partial charge in [0.25, 0.3) is 0 Å². The predicted molar refractivity (Wildman–Crippen MR) is 109 cm³/mol. The van der Waals surface area contributed by atoms with Gasteiger partial charge in [-0.05, 0) is 66.2 Å². The van der Waals surface area contributed by atoms with Gasteiger partial charge in [0.05, 0.1) is 27.7 Å². The molecule has 1 aliphatic heterocycles. The van der Waals surface area contributed by atoms with Crippen molar-refractivity contribution in [2.45, 2.75) is 107 Å². The minimum Gasteiger partial charge on any atom is -0.474 e. The summed E-state index contributed by atoms with van der Waals surface area (Å²) in [6.45, 7) is 10.9. The van der Waals surface area contributed by atoms with Crippen molar-refractivity contribution in [3.8, 4) is 0 Å². The molecular weight excluding hydrogens is 360 g/mol. The van der Waals surface area contributed by atoms with Crippen LogP contribution in [0.5, 0.6) is 0 Å². The summed E-state index contributed by atoms with van der Waals surface area (Å²) in [7, 11) is 8.22. The number of halogens is 1. The summed E-state index contributed by atoms with van der Waals surface area (Å²) in [5, 5.41) is 15.7. The zero-order chi connectivity index (χ0) is 20.3. The van der Waals surface area contributed by atoms with E-state index in [1.54, 1.807) is 0 Å². The van der Waals surface area contributed by atoms with Crippen LogP contribution in [0.25, 0.3) is 0 Å². The smallest absolute Gasteiger partial charge is 0.110 e. The molecule has 4 nitrogen and oxygen atoms in total. The normalized spacial score (nSPS) is 51.2. The molecule has 0 spiro atoms. The van der Waals surface area contributed by atoms with Crippen molar-refractivity contribution in [3.63, 3.8) is 0 Å². The monoisotopic (exact) mass is 400 g/mol. The number of nitrogens with two attached hydrogens (primary N) is 2. The van der Waals surface area contributed by atoms with E-state index in [4.69, 9.17) is 16.3 Å². The van der Waals surface area contributed by atoms with Gasteiger partial charge in [0.15, 0.2) is 0 Å². The van der Waals surface area contributed by atoms with Crippen LogP contribution in [0.2, 0.25) is 0 Å². The van der Waals surface area contributed by atoms with Gasteiger partial charge in [-0.1, -0.05) is 0 Å². The van der Waals surface area contributed by atoms with E-state index in [1.165, 1.54) is 0 Å². The van der Waals surface area contributed by atoms with Crippen LogP contribution in [0.4, 0.5) is 0 Å². The summed E-state index contributed by atoms with van der Waals surface area (Å²) in [6, 6.07) is 0. The first kappa shape index (κ1) is 21.8. The molecule has 3 aliphatic rings. The number of alkyl halides is 1. The van der Waals surface area contributed by atoms with Gasteiger partial charge in [-0.3, -0.25) is 0 Å². The maximum Gasteiger partial charge on any atom is 0.110 e. The minimum atomic E-state index is -0.387. The van der Waals surface area contributed by atoms with E-state index in [9.17, 15) is 5.11 Å². The van der Waals surface area contributed by atoms with Crippen molar-refractivity contribution in [2.75, 3.05) is 0 Å². The highest BCUT2D eigenvalue weighted by molar-refractivity contribution is 6.23. The summed E-state index contributed by atoms with van der Waals surface area (Å²) < 4.78 is 6.66. The molecule has 2 aliphatic carbocycles. The SMILES string of the molecule is [CH2-][NH2+][C@]1(C)CC[C@@H]2[C@@H]([C@H]1O)[C@H]([C@]1(C)CC[C@H](C(C)(C)Cl)O1)CC[C@@]2(C)[NH2+][CH2-]. The fourth-order valence-electron chi connectivity index (χ4n) is 6.39. The average molecular weight is 401 g/mol. The van der Waals surface area contributed by atoms with Crippen LogP contribution in [-0.4, -0.2) is 38.9 Å². The van der Waals surface area contributed by atoms with Crippen molar-refractivity contribution >= 4 is 11.6 Å². The highest BCUT2D eigenvalue weighted by atomic mass is 35.5. The lowest BCUT2D eigenvalue weighted by molar-refractivity contribution is -0.704. The third-order valence-corrected chi connectivity index (χ3v) is 8.84. The Labute approximate surface area is 171 Å². The van der Waals surface area contributed by atoms with Crippen LogP contribution in [0.1, 0.15) is 73.1 Å². The Morgan fingerprint density at radius 3 is 2.04 bits per heavy atom. The quantitative estimate of drug-likeness (QED) is 0.499. The Morgan fingerprint density at radius 1 is 0.963 bits per heavy atom. The van der Waals surface area contributed by atoms with E-state index in [1.807, 2.05) is 19.2 Å². The van der Waals surface area contributed by atoms with E-state index >= 15 is 0 Å². The van der Waals surface area contributed by atoms with Crippen molar-refractivity contribution in [1.29, 1.82) is 0 Å². The number of ether oxygens (including phenoxy) is 1. The molecular formula is C22H41ClN2O2. The molecule has 8 atom stereocenters. The second-order valence-electron chi connectivity index (χ2n) is 10.8. The summed E-state index contributed by atoms with van der Waals surface area (Å²) in [6.07, 6.45) is 5.99. The summed E-state index contributed by atoms with van der Waals surface area (Å²) in [4.78, 5) is -0.359. The van der Waals surface area contributed by atoms with E-state index in [2.05, 4.69) is 40.2 Å². The van der Waals surface area contributed by atoms with Crippen molar-refractivity contribution in [2.24, 2.45) is 17.8 Å². The van der Waals surface area contributed by atoms with Crippen LogP contribution in [0.15, 0.2) is 0 Å². The van der Waals surface area contributed by atoms with Crippen LogP contribution < -0.4 is 10.6 Å². The topological polar surface area (TPSA) is 62.7 Å². The Kier molecular flexibility index (Phi) is 5.76. The maximum absolute atomic E-state index is 11.5. The van der Waals surface area contributed by atoms with Gasteiger partial charge >= 0.3 is 0 Å². The molecule has 1 saturated heterocycles. The van der Waals surface area contributed by atoms with Gasteiger partial charge in [0, 0.05) is 24.7 Å². The zero-order valence-electron chi connectivity index (χ0n) is 17.9. The standard InChI is InChI=1S/C22H41ClN2O2/c1-19(2,23)16-10-13-22(5,27-16)15-9-11-20(3,24-6)14-8-12-21(4,25-7)18(26)17(14)15/h14-18,26H,6-13,24-25H2,1-5H3/t14-,15-,16-,17-,18-,20-,21-,22+/m1/s1.